The van der Waals surface area contributed by atoms with Gasteiger partial charge < -0.3 is 14.6 Å². The monoisotopic (exact) mass is 372 g/mol. The third-order valence-corrected chi connectivity index (χ3v) is 5.86. The maximum atomic E-state index is 11.1. The molecule has 1 spiro atoms. The van der Waals surface area contributed by atoms with Crippen molar-refractivity contribution >= 4 is 33.7 Å². The van der Waals surface area contributed by atoms with E-state index in [1.807, 2.05) is 11.8 Å². The van der Waals surface area contributed by atoms with E-state index in [1.54, 1.807) is 18.2 Å². The molecule has 2 fully saturated rings. The summed E-state index contributed by atoms with van der Waals surface area (Å²) in [5.41, 5.74) is 0.205. The van der Waals surface area contributed by atoms with Crippen LogP contribution in [0.4, 0.5) is 0 Å². The number of aromatic carboxylic acids is 1. The van der Waals surface area contributed by atoms with Gasteiger partial charge in [0, 0.05) is 18.6 Å². The first kappa shape index (κ1) is 15.2. The summed E-state index contributed by atoms with van der Waals surface area (Å²) in [4.78, 5) is 11.1. The zero-order valence-electron chi connectivity index (χ0n) is 11.5. The first-order valence-corrected chi connectivity index (χ1v) is 8.94. The quantitative estimate of drug-likeness (QED) is 0.878. The summed E-state index contributed by atoms with van der Waals surface area (Å²) in [5, 5.41) is 9.08. The van der Waals surface area contributed by atoms with Gasteiger partial charge in [0.1, 0.15) is 11.9 Å². The number of hydrogen-bond acceptors (Lipinski definition) is 4. The van der Waals surface area contributed by atoms with Crippen LogP contribution in [0, 0.1) is 0 Å². The average molecular weight is 373 g/mol. The second kappa shape index (κ2) is 6.18. The Morgan fingerprint density at radius 2 is 2.38 bits per heavy atom. The van der Waals surface area contributed by atoms with Crippen LogP contribution in [0.15, 0.2) is 22.7 Å². The van der Waals surface area contributed by atoms with E-state index in [1.165, 1.54) is 0 Å². The van der Waals surface area contributed by atoms with E-state index in [0.717, 1.165) is 35.2 Å². The molecule has 21 heavy (non-hydrogen) atoms. The van der Waals surface area contributed by atoms with E-state index in [-0.39, 0.29) is 17.3 Å². The molecule has 2 unspecified atom stereocenters. The Bertz CT molecular complexity index is 542. The van der Waals surface area contributed by atoms with Crippen molar-refractivity contribution in [1.82, 2.24) is 0 Å². The van der Waals surface area contributed by atoms with Crippen LogP contribution in [0.2, 0.25) is 0 Å². The lowest BCUT2D eigenvalue weighted by atomic mass is 9.91. The van der Waals surface area contributed by atoms with E-state index >= 15 is 0 Å². The molecule has 0 amide bonds. The van der Waals surface area contributed by atoms with Crippen LogP contribution in [0.25, 0.3) is 0 Å². The molecule has 2 heterocycles. The third kappa shape index (κ3) is 3.38. The highest BCUT2D eigenvalue weighted by Crippen LogP contribution is 2.40. The van der Waals surface area contributed by atoms with E-state index in [9.17, 15) is 4.79 Å². The molecule has 0 bridgehead atoms. The van der Waals surface area contributed by atoms with Crippen molar-refractivity contribution in [1.29, 1.82) is 0 Å². The molecule has 2 saturated heterocycles. The molecule has 3 rings (SSSR count). The van der Waals surface area contributed by atoms with E-state index < -0.39 is 5.97 Å². The Morgan fingerprint density at radius 1 is 1.52 bits per heavy atom. The minimum Gasteiger partial charge on any atom is -0.489 e. The lowest BCUT2D eigenvalue weighted by molar-refractivity contribution is -0.0960. The Labute approximate surface area is 136 Å². The SMILES string of the molecule is O=C(O)c1ccc(Br)c(OC2CCOC3(CCSC3)C2)c1. The Kier molecular flexibility index (Phi) is 4.47. The molecule has 0 saturated carbocycles. The predicted octanol–water partition coefficient (Wildman–Crippen LogP) is 3.58. The molecular weight excluding hydrogens is 356 g/mol. The fourth-order valence-electron chi connectivity index (χ4n) is 2.85. The number of hydrogen-bond donors (Lipinski definition) is 1. The molecule has 0 radical (unpaired) electrons. The summed E-state index contributed by atoms with van der Waals surface area (Å²) in [6.45, 7) is 0.710. The standard InChI is InChI=1S/C15H17BrO4S/c16-12-2-1-10(14(17)18)7-13(12)20-11-3-5-19-15(8-11)4-6-21-9-15/h1-2,7,11H,3-6,8-9H2,(H,17,18). The second-order valence-corrected chi connectivity index (χ2v) is 7.48. The first-order valence-electron chi connectivity index (χ1n) is 6.99. The summed E-state index contributed by atoms with van der Waals surface area (Å²) in [6, 6.07) is 4.87. The van der Waals surface area contributed by atoms with Crippen molar-refractivity contribution in [3.05, 3.63) is 28.2 Å². The van der Waals surface area contributed by atoms with Crippen LogP contribution in [-0.2, 0) is 4.74 Å². The first-order chi connectivity index (χ1) is 10.1. The Balaban J connectivity index is 1.74. The number of ether oxygens (including phenoxy) is 2. The molecule has 0 aromatic heterocycles. The maximum Gasteiger partial charge on any atom is 0.335 e. The highest BCUT2D eigenvalue weighted by Gasteiger charge is 2.41. The number of thioether (sulfide) groups is 1. The summed E-state index contributed by atoms with van der Waals surface area (Å²) in [6.07, 6.45) is 2.88. The van der Waals surface area contributed by atoms with E-state index in [0.29, 0.717) is 12.4 Å². The summed E-state index contributed by atoms with van der Waals surface area (Å²) in [5.74, 6) is 1.83. The lowest BCUT2D eigenvalue weighted by Gasteiger charge is -2.37. The van der Waals surface area contributed by atoms with Gasteiger partial charge in [-0.1, -0.05) is 0 Å². The van der Waals surface area contributed by atoms with Crippen molar-refractivity contribution in [2.75, 3.05) is 18.1 Å². The van der Waals surface area contributed by atoms with E-state index in [2.05, 4.69) is 15.9 Å². The molecule has 0 aliphatic carbocycles. The van der Waals surface area contributed by atoms with Gasteiger partial charge in [0.15, 0.2) is 0 Å². The number of halogens is 1. The minimum absolute atomic E-state index is 0.0372. The molecule has 114 valence electrons. The normalized spacial score (nSPS) is 28.7. The molecule has 1 N–H and O–H groups in total. The van der Waals surface area contributed by atoms with E-state index in [4.69, 9.17) is 14.6 Å². The van der Waals surface area contributed by atoms with Gasteiger partial charge in [0.25, 0.3) is 0 Å². The van der Waals surface area contributed by atoms with Crippen LogP contribution < -0.4 is 4.74 Å². The second-order valence-electron chi connectivity index (χ2n) is 5.52. The molecule has 1 aromatic rings. The fourth-order valence-corrected chi connectivity index (χ4v) is 4.57. The predicted molar refractivity (Wildman–Crippen MR) is 85.4 cm³/mol. The smallest absolute Gasteiger partial charge is 0.335 e. The highest BCUT2D eigenvalue weighted by molar-refractivity contribution is 9.10. The molecule has 1 aromatic carbocycles. The molecule has 6 heteroatoms. The minimum atomic E-state index is -0.942. The summed E-state index contributed by atoms with van der Waals surface area (Å²) < 4.78 is 12.8. The van der Waals surface area contributed by atoms with Crippen LogP contribution in [-0.4, -0.2) is 40.9 Å². The maximum absolute atomic E-state index is 11.1. The number of rotatable bonds is 3. The van der Waals surface area contributed by atoms with Gasteiger partial charge in [-0.2, -0.15) is 11.8 Å². The topological polar surface area (TPSA) is 55.8 Å². The Morgan fingerprint density at radius 3 is 3.10 bits per heavy atom. The van der Waals surface area contributed by atoms with Crippen LogP contribution in [0.3, 0.4) is 0 Å². The molecular formula is C15H17BrO4S. The Hall–Kier alpha value is -0.720. The van der Waals surface area contributed by atoms with Gasteiger partial charge in [-0.15, -0.1) is 0 Å². The van der Waals surface area contributed by atoms with Crippen LogP contribution >= 0.6 is 27.7 Å². The largest absolute Gasteiger partial charge is 0.489 e. The average Bonchev–Trinajstić information content (AvgIpc) is 2.89. The van der Waals surface area contributed by atoms with Gasteiger partial charge in [-0.25, -0.2) is 4.79 Å². The molecule has 2 aliphatic rings. The van der Waals surface area contributed by atoms with Crippen molar-refractivity contribution in [2.24, 2.45) is 0 Å². The highest BCUT2D eigenvalue weighted by atomic mass is 79.9. The zero-order valence-corrected chi connectivity index (χ0v) is 13.9. The van der Waals surface area contributed by atoms with Crippen molar-refractivity contribution < 1.29 is 19.4 Å². The van der Waals surface area contributed by atoms with Gasteiger partial charge >= 0.3 is 5.97 Å². The molecule has 2 atom stereocenters. The van der Waals surface area contributed by atoms with Crippen LogP contribution in [0.5, 0.6) is 5.75 Å². The third-order valence-electron chi connectivity index (χ3n) is 3.99. The number of benzene rings is 1. The van der Waals surface area contributed by atoms with Crippen molar-refractivity contribution in [3.8, 4) is 5.75 Å². The number of carboxylic acid groups (broad SMARTS) is 1. The van der Waals surface area contributed by atoms with Crippen LogP contribution in [0.1, 0.15) is 29.6 Å². The van der Waals surface area contributed by atoms with Gasteiger partial charge in [-0.05, 0) is 46.3 Å². The zero-order chi connectivity index (χ0) is 14.9. The fraction of sp³-hybridized carbons (Fsp3) is 0.533. The van der Waals surface area contributed by atoms with Crippen molar-refractivity contribution in [2.45, 2.75) is 31.0 Å². The summed E-state index contributed by atoms with van der Waals surface area (Å²) >= 11 is 5.36. The molecule has 2 aliphatic heterocycles. The molecule has 4 nitrogen and oxygen atoms in total. The van der Waals surface area contributed by atoms with Gasteiger partial charge in [0.2, 0.25) is 0 Å². The lowest BCUT2D eigenvalue weighted by Crippen LogP contribution is -2.43. The summed E-state index contributed by atoms with van der Waals surface area (Å²) in [7, 11) is 0. The van der Waals surface area contributed by atoms with Gasteiger partial charge in [0.05, 0.1) is 22.2 Å². The number of carboxylic acids is 1. The number of carbonyl (C=O) groups is 1. The van der Waals surface area contributed by atoms with Gasteiger partial charge in [-0.3, -0.25) is 0 Å². The van der Waals surface area contributed by atoms with Crippen molar-refractivity contribution in [3.63, 3.8) is 0 Å².